The van der Waals surface area contributed by atoms with Gasteiger partial charge in [-0.15, -0.1) is 0 Å². The van der Waals surface area contributed by atoms with Crippen LogP contribution in [0, 0.1) is 11.3 Å². The lowest BCUT2D eigenvalue weighted by atomic mass is 10.1. The normalized spacial score (nSPS) is 13.9. The van der Waals surface area contributed by atoms with Crippen molar-refractivity contribution in [1.82, 2.24) is 9.88 Å². The van der Waals surface area contributed by atoms with Crippen LogP contribution >= 0.6 is 23.2 Å². The molecule has 0 atom stereocenters. The van der Waals surface area contributed by atoms with Gasteiger partial charge in [-0.05, 0) is 42.0 Å². The van der Waals surface area contributed by atoms with Gasteiger partial charge in [0.15, 0.2) is 0 Å². The third-order valence-electron chi connectivity index (χ3n) is 5.28. The molecule has 0 spiro atoms. The topological polar surface area (TPSA) is 82.6 Å². The standard InChI is InChI=1S/C24H20Cl2N4O3/c1-32-18-6-2-16(3-7-18)4-9-22-28-21(15-27)24(33-22)30-12-10-29(11-13-30)23(31)19-8-5-17(25)14-20(19)26/h2-9,14H,10-13H2,1H3/b9-4+. The van der Waals surface area contributed by atoms with Crippen LogP contribution in [0.1, 0.15) is 27.5 Å². The van der Waals surface area contributed by atoms with Crippen LogP contribution in [0.5, 0.6) is 5.75 Å². The molecule has 9 heteroatoms. The van der Waals surface area contributed by atoms with Crippen molar-refractivity contribution in [2.75, 3.05) is 38.2 Å². The molecule has 4 rings (SSSR count). The van der Waals surface area contributed by atoms with Gasteiger partial charge in [-0.1, -0.05) is 35.3 Å². The summed E-state index contributed by atoms with van der Waals surface area (Å²) < 4.78 is 11.0. The molecule has 0 aliphatic carbocycles. The van der Waals surface area contributed by atoms with Gasteiger partial charge in [-0.25, -0.2) is 0 Å². The summed E-state index contributed by atoms with van der Waals surface area (Å²) in [7, 11) is 1.62. The predicted octanol–water partition coefficient (Wildman–Crippen LogP) is 4.99. The Kier molecular flexibility index (Phi) is 6.87. The van der Waals surface area contributed by atoms with Crippen LogP contribution in [0.15, 0.2) is 46.9 Å². The van der Waals surface area contributed by atoms with E-state index in [0.29, 0.717) is 53.6 Å². The highest BCUT2D eigenvalue weighted by molar-refractivity contribution is 6.36. The van der Waals surface area contributed by atoms with E-state index in [4.69, 9.17) is 32.4 Å². The quantitative estimate of drug-likeness (QED) is 0.508. The third-order valence-corrected chi connectivity index (χ3v) is 5.83. The van der Waals surface area contributed by atoms with Crippen LogP contribution in [0.4, 0.5) is 5.88 Å². The number of carbonyl (C=O) groups excluding carboxylic acids is 1. The monoisotopic (exact) mass is 482 g/mol. The number of benzene rings is 2. The van der Waals surface area contributed by atoms with E-state index in [2.05, 4.69) is 11.1 Å². The van der Waals surface area contributed by atoms with Crippen LogP contribution in [0.3, 0.4) is 0 Å². The van der Waals surface area contributed by atoms with Crippen molar-refractivity contribution in [3.8, 4) is 11.8 Å². The molecule has 0 saturated carbocycles. The van der Waals surface area contributed by atoms with Gasteiger partial charge < -0.3 is 19.0 Å². The summed E-state index contributed by atoms with van der Waals surface area (Å²) in [5.74, 6) is 1.36. The second kappa shape index (κ2) is 9.99. The molecule has 3 aromatic rings. The van der Waals surface area contributed by atoms with E-state index in [1.165, 1.54) is 0 Å². The first-order valence-corrected chi connectivity index (χ1v) is 11.0. The molecular formula is C24H20Cl2N4O3. The molecule has 1 aromatic heterocycles. The van der Waals surface area contributed by atoms with E-state index in [1.807, 2.05) is 35.2 Å². The minimum atomic E-state index is -0.155. The first-order valence-electron chi connectivity index (χ1n) is 10.2. The minimum Gasteiger partial charge on any atom is -0.497 e. The second-order valence-corrected chi connectivity index (χ2v) is 8.17. The highest BCUT2D eigenvalue weighted by Crippen LogP contribution is 2.26. The largest absolute Gasteiger partial charge is 0.497 e. The lowest BCUT2D eigenvalue weighted by molar-refractivity contribution is 0.0745. The fourth-order valence-electron chi connectivity index (χ4n) is 3.52. The molecular weight excluding hydrogens is 463 g/mol. The number of halogens is 2. The van der Waals surface area contributed by atoms with Crippen molar-refractivity contribution >= 4 is 47.1 Å². The minimum absolute atomic E-state index is 0.155. The smallest absolute Gasteiger partial charge is 0.255 e. The van der Waals surface area contributed by atoms with E-state index in [9.17, 15) is 10.1 Å². The number of anilines is 1. The molecule has 0 unspecified atom stereocenters. The molecule has 7 nitrogen and oxygen atoms in total. The highest BCUT2D eigenvalue weighted by atomic mass is 35.5. The zero-order chi connectivity index (χ0) is 23.4. The number of carbonyl (C=O) groups is 1. The Balaban J connectivity index is 1.43. The third kappa shape index (κ3) is 5.14. The highest BCUT2D eigenvalue weighted by Gasteiger charge is 2.27. The second-order valence-electron chi connectivity index (χ2n) is 7.33. The van der Waals surface area contributed by atoms with Gasteiger partial charge in [0.2, 0.25) is 17.5 Å². The zero-order valence-electron chi connectivity index (χ0n) is 17.8. The van der Waals surface area contributed by atoms with Gasteiger partial charge in [0.1, 0.15) is 11.8 Å². The summed E-state index contributed by atoms with van der Waals surface area (Å²) in [5, 5.41) is 10.3. The van der Waals surface area contributed by atoms with Crippen LogP contribution < -0.4 is 9.64 Å². The molecule has 1 aliphatic heterocycles. The fourth-order valence-corrected chi connectivity index (χ4v) is 4.00. The van der Waals surface area contributed by atoms with Crippen molar-refractivity contribution in [3.05, 3.63) is 75.2 Å². The van der Waals surface area contributed by atoms with Gasteiger partial charge in [-0.3, -0.25) is 4.79 Å². The van der Waals surface area contributed by atoms with E-state index in [0.717, 1.165) is 11.3 Å². The summed E-state index contributed by atoms with van der Waals surface area (Å²) in [6.07, 6.45) is 3.57. The molecule has 1 amide bonds. The van der Waals surface area contributed by atoms with Gasteiger partial charge in [0.05, 0.1) is 17.7 Å². The molecule has 33 heavy (non-hydrogen) atoms. The number of nitrogens with zero attached hydrogens (tertiary/aromatic N) is 4. The van der Waals surface area contributed by atoms with Crippen LogP contribution in [-0.2, 0) is 0 Å². The number of aromatic nitrogens is 1. The van der Waals surface area contributed by atoms with E-state index >= 15 is 0 Å². The van der Waals surface area contributed by atoms with Crippen molar-refractivity contribution in [2.45, 2.75) is 0 Å². The number of nitriles is 1. The summed E-state index contributed by atoms with van der Waals surface area (Å²) in [6, 6.07) is 14.5. The van der Waals surface area contributed by atoms with Crippen LogP contribution in [0.2, 0.25) is 10.0 Å². The Bertz CT molecular complexity index is 1220. The number of piperazine rings is 1. The lowest BCUT2D eigenvalue weighted by Crippen LogP contribution is -2.49. The van der Waals surface area contributed by atoms with E-state index in [-0.39, 0.29) is 11.6 Å². The SMILES string of the molecule is COc1ccc(/C=C/c2nc(C#N)c(N3CCN(C(=O)c4ccc(Cl)cc4Cl)CC3)o2)cc1. The predicted molar refractivity (Wildman–Crippen MR) is 128 cm³/mol. The maximum absolute atomic E-state index is 12.8. The zero-order valence-corrected chi connectivity index (χ0v) is 19.3. The molecule has 1 saturated heterocycles. The van der Waals surface area contributed by atoms with Gasteiger partial charge in [0.25, 0.3) is 5.91 Å². The number of oxazole rings is 1. The number of hydrogen-bond acceptors (Lipinski definition) is 6. The average Bonchev–Trinajstić information content (AvgIpc) is 3.26. The lowest BCUT2D eigenvalue weighted by Gasteiger charge is -2.34. The number of hydrogen-bond donors (Lipinski definition) is 0. The van der Waals surface area contributed by atoms with Crippen molar-refractivity contribution in [2.24, 2.45) is 0 Å². The number of ether oxygens (including phenoxy) is 1. The Hall–Kier alpha value is -3.47. The molecule has 0 bridgehead atoms. The van der Waals surface area contributed by atoms with Crippen LogP contribution in [-0.4, -0.2) is 49.1 Å². The Morgan fingerprint density at radius 1 is 1.12 bits per heavy atom. The molecule has 1 fully saturated rings. The maximum Gasteiger partial charge on any atom is 0.255 e. The molecule has 2 heterocycles. The van der Waals surface area contributed by atoms with Crippen molar-refractivity contribution in [3.63, 3.8) is 0 Å². The summed E-state index contributed by atoms with van der Waals surface area (Å²) in [5.41, 5.74) is 1.57. The summed E-state index contributed by atoms with van der Waals surface area (Å²) in [4.78, 5) is 20.8. The number of rotatable bonds is 5. The van der Waals surface area contributed by atoms with Crippen LogP contribution in [0.25, 0.3) is 12.2 Å². The average molecular weight is 483 g/mol. The molecule has 0 radical (unpaired) electrons. The van der Waals surface area contributed by atoms with Gasteiger partial charge in [0, 0.05) is 37.3 Å². The Labute approximate surface area is 201 Å². The number of amides is 1. The Morgan fingerprint density at radius 3 is 2.48 bits per heavy atom. The van der Waals surface area contributed by atoms with Crippen molar-refractivity contribution in [1.29, 1.82) is 5.26 Å². The molecule has 2 aromatic carbocycles. The molecule has 168 valence electrons. The first-order chi connectivity index (χ1) is 16.0. The summed E-state index contributed by atoms with van der Waals surface area (Å²) in [6.45, 7) is 1.92. The fraction of sp³-hybridized carbons (Fsp3) is 0.208. The Morgan fingerprint density at radius 2 is 1.85 bits per heavy atom. The van der Waals surface area contributed by atoms with Crippen molar-refractivity contribution < 1.29 is 13.9 Å². The van der Waals surface area contributed by atoms with Gasteiger partial charge >= 0.3 is 0 Å². The van der Waals surface area contributed by atoms with Gasteiger partial charge in [-0.2, -0.15) is 10.2 Å². The first kappa shape index (κ1) is 22.7. The molecule has 1 aliphatic rings. The summed E-state index contributed by atoms with van der Waals surface area (Å²) >= 11 is 12.1. The molecule has 0 N–H and O–H groups in total. The maximum atomic E-state index is 12.8. The van der Waals surface area contributed by atoms with E-state index < -0.39 is 0 Å². The number of methoxy groups -OCH3 is 1. The van der Waals surface area contributed by atoms with E-state index in [1.54, 1.807) is 36.3 Å².